The molecule has 1 aliphatic rings. The second-order valence-corrected chi connectivity index (χ2v) is 5.71. The highest BCUT2D eigenvalue weighted by atomic mass is 35.5. The van der Waals surface area contributed by atoms with Crippen LogP contribution in [-0.2, 0) is 0 Å². The van der Waals surface area contributed by atoms with Crippen LogP contribution in [0, 0.1) is 6.92 Å². The molecule has 0 aromatic heterocycles. The molecule has 0 bridgehead atoms. The molecule has 0 aliphatic carbocycles. The van der Waals surface area contributed by atoms with Gasteiger partial charge in [0, 0.05) is 6.54 Å². The maximum absolute atomic E-state index is 6.02. The highest BCUT2D eigenvalue weighted by molar-refractivity contribution is 5.85. The second kappa shape index (κ2) is 8.80. The van der Waals surface area contributed by atoms with Crippen molar-refractivity contribution in [3.63, 3.8) is 0 Å². The van der Waals surface area contributed by atoms with E-state index in [4.69, 9.17) is 9.47 Å². The molecule has 0 amide bonds. The molecule has 1 aliphatic heterocycles. The van der Waals surface area contributed by atoms with Gasteiger partial charge in [-0.1, -0.05) is 30.3 Å². The Morgan fingerprint density at radius 1 is 0.870 bits per heavy atom. The van der Waals surface area contributed by atoms with Crippen molar-refractivity contribution >= 4 is 12.4 Å². The van der Waals surface area contributed by atoms with Crippen molar-refractivity contribution in [2.45, 2.75) is 19.8 Å². The molecule has 0 saturated carbocycles. The molecule has 1 heterocycles. The van der Waals surface area contributed by atoms with Gasteiger partial charge in [0.2, 0.25) is 0 Å². The van der Waals surface area contributed by atoms with Gasteiger partial charge in [-0.15, -0.1) is 12.4 Å². The Hall–Kier alpha value is -1.71. The fourth-order valence-electron chi connectivity index (χ4n) is 2.73. The van der Waals surface area contributed by atoms with Gasteiger partial charge < -0.3 is 9.47 Å². The van der Waals surface area contributed by atoms with Crippen molar-refractivity contribution in [2.24, 2.45) is 0 Å². The Bertz CT molecular complexity index is 612. The van der Waals surface area contributed by atoms with E-state index in [1.807, 2.05) is 55.5 Å². The number of ether oxygens (including phenoxy) is 2. The number of benzene rings is 2. The molecule has 0 unspecified atom stereocenters. The molecule has 0 N–H and O–H groups in total. The van der Waals surface area contributed by atoms with Crippen LogP contribution in [0.1, 0.15) is 18.4 Å². The number of hydrogen-bond acceptors (Lipinski definition) is 3. The summed E-state index contributed by atoms with van der Waals surface area (Å²) in [6.45, 7) is 6.13. The van der Waals surface area contributed by atoms with Crippen molar-refractivity contribution in [1.82, 2.24) is 4.90 Å². The molecule has 0 spiro atoms. The summed E-state index contributed by atoms with van der Waals surface area (Å²) in [4.78, 5) is 2.45. The molecule has 2 aromatic rings. The first-order valence-corrected chi connectivity index (χ1v) is 8.00. The lowest BCUT2D eigenvalue weighted by Crippen LogP contribution is -2.25. The van der Waals surface area contributed by atoms with Crippen LogP contribution in [0.4, 0.5) is 0 Å². The maximum atomic E-state index is 6.02. The summed E-state index contributed by atoms with van der Waals surface area (Å²) in [5, 5.41) is 0. The minimum absolute atomic E-state index is 0. The highest BCUT2D eigenvalue weighted by Gasteiger charge is 2.12. The van der Waals surface area contributed by atoms with E-state index in [1.165, 1.54) is 25.9 Å². The number of halogens is 1. The fraction of sp³-hybridized carbons (Fsp3) is 0.368. The van der Waals surface area contributed by atoms with Gasteiger partial charge in [0.1, 0.15) is 12.4 Å². The van der Waals surface area contributed by atoms with Crippen molar-refractivity contribution < 1.29 is 9.47 Å². The summed E-state index contributed by atoms with van der Waals surface area (Å²) < 4.78 is 12.0. The van der Waals surface area contributed by atoms with Gasteiger partial charge in [-0.25, -0.2) is 0 Å². The van der Waals surface area contributed by atoms with Gasteiger partial charge in [0.25, 0.3) is 0 Å². The molecule has 0 radical (unpaired) electrons. The Morgan fingerprint density at radius 3 is 2.17 bits per heavy atom. The van der Waals surface area contributed by atoms with E-state index in [9.17, 15) is 0 Å². The smallest absolute Gasteiger partial charge is 0.169 e. The SMILES string of the molecule is Cc1ccccc1Oc1ccccc1OCCN1CCCC1.Cl. The summed E-state index contributed by atoms with van der Waals surface area (Å²) in [5.74, 6) is 2.46. The van der Waals surface area contributed by atoms with Crippen molar-refractivity contribution in [2.75, 3.05) is 26.2 Å². The van der Waals surface area contributed by atoms with Crippen molar-refractivity contribution in [3.05, 3.63) is 54.1 Å². The average molecular weight is 334 g/mol. The van der Waals surface area contributed by atoms with Gasteiger partial charge in [-0.3, -0.25) is 4.90 Å². The van der Waals surface area contributed by atoms with Gasteiger partial charge in [-0.05, 0) is 56.6 Å². The van der Waals surface area contributed by atoms with E-state index < -0.39 is 0 Å². The molecular weight excluding hydrogens is 310 g/mol. The topological polar surface area (TPSA) is 21.7 Å². The fourth-order valence-corrected chi connectivity index (χ4v) is 2.73. The number of para-hydroxylation sites is 3. The third-order valence-electron chi connectivity index (χ3n) is 4.03. The molecular formula is C19H24ClNO2. The molecule has 3 rings (SSSR count). The number of aryl methyl sites for hydroxylation is 1. The second-order valence-electron chi connectivity index (χ2n) is 5.71. The lowest BCUT2D eigenvalue weighted by molar-refractivity contribution is 0.232. The zero-order valence-electron chi connectivity index (χ0n) is 13.5. The number of hydrogen-bond donors (Lipinski definition) is 0. The molecule has 0 atom stereocenters. The first-order valence-electron chi connectivity index (χ1n) is 8.00. The number of rotatable bonds is 6. The summed E-state index contributed by atoms with van der Waals surface area (Å²) >= 11 is 0. The molecule has 3 nitrogen and oxygen atoms in total. The van der Waals surface area contributed by atoms with Gasteiger partial charge in [0.05, 0.1) is 0 Å². The molecule has 124 valence electrons. The Labute approximate surface area is 144 Å². The summed E-state index contributed by atoms with van der Waals surface area (Å²) in [7, 11) is 0. The molecule has 1 saturated heterocycles. The van der Waals surface area contributed by atoms with Crippen LogP contribution in [0.3, 0.4) is 0 Å². The van der Waals surface area contributed by atoms with Crippen LogP contribution in [0.25, 0.3) is 0 Å². The van der Waals surface area contributed by atoms with Crippen LogP contribution in [0.5, 0.6) is 17.2 Å². The van der Waals surface area contributed by atoms with Gasteiger partial charge in [-0.2, -0.15) is 0 Å². The Balaban J connectivity index is 0.00000192. The minimum Gasteiger partial charge on any atom is -0.488 e. The molecule has 23 heavy (non-hydrogen) atoms. The van der Waals surface area contributed by atoms with Gasteiger partial charge >= 0.3 is 0 Å². The lowest BCUT2D eigenvalue weighted by atomic mass is 10.2. The quantitative estimate of drug-likeness (QED) is 0.766. The number of likely N-dealkylation sites (tertiary alicyclic amines) is 1. The average Bonchev–Trinajstić information content (AvgIpc) is 3.04. The molecule has 1 fully saturated rings. The molecule has 4 heteroatoms. The minimum atomic E-state index is 0. The Kier molecular flexibility index (Phi) is 6.75. The largest absolute Gasteiger partial charge is 0.488 e. The highest BCUT2D eigenvalue weighted by Crippen LogP contribution is 2.32. The predicted octanol–water partition coefficient (Wildman–Crippen LogP) is 4.68. The summed E-state index contributed by atoms with van der Waals surface area (Å²) in [5.41, 5.74) is 1.12. The molecule has 2 aromatic carbocycles. The summed E-state index contributed by atoms with van der Waals surface area (Å²) in [6.07, 6.45) is 2.62. The standard InChI is InChI=1S/C19H23NO2.ClH/c1-16-8-2-3-9-17(16)22-19-11-5-4-10-18(19)21-15-14-20-12-6-7-13-20;/h2-5,8-11H,6-7,12-15H2,1H3;1H. The monoisotopic (exact) mass is 333 g/mol. The van der Waals surface area contributed by atoms with E-state index >= 15 is 0 Å². The Morgan fingerprint density at radius 2 is 1.48 bits per heavy atom. The van der Waals surface area contributed by atoms with Crippen LogP contribution >= 0.6 is 12.4 Å². The third-order valence-corrected chi connectivity index (χ3v) is 4.03. The van der Waals surface area contributed by atoms with Crippen molar-refractivity contribution in [1.29, 1.82) is 0 Å². The van der Waals surface area contributed by atoms with Gasteiger partial charge in [0.15, 0.2) is 11.5 Å². The van der Waals surface area contributed by atoms with Crippen molar-refractivity contribution in [3.8, 4) is 17.2 Å². The third kappa shape index (κ3) is 4.88. The van der Waals surface area contributed by atoms with E-state index in [0.29, 0.717) is 6.61 Å². The summed E-state index contributed by atoms with van der Waals surface area (Å²) in [6, 6.07) is 15.9. The normalized spacial score (nSPS) is 14.3. The lowest BCUT2D eigenvalue weighted by Gasteiger charge is -2.17. The van der Waals surface area contributed by atoms with E-state index in [0.717, 1.165) is 29.4 Å². The van der Waals surface area contributed by atoms with Crippen LogP contribution in [-0.4, -0.2) is 31.1 Å². The van der Waals surface area contributed by atoms with Crippen LogP contribution in [0.2, 0.25) is 0 Å². The van der Waals surface area contributed by atoms with Crippen LogP contribution in [0.15, 0.2) is 48.5 Å². The predicted molar refractivity (Wildman–Crippen MR) is 96.1 cm³/mol. The van der Waals surface area contributed by atoms with E-state index in [2.05, 4.69) is 4.90 Å². The van der Waals surface area contributed by atoms with Crippen LogP contribution < -0.4 is 9.47 Å². The first kappa shape index (κ1) is 17.6. The first-order chi connectivity index (χ1) is 10.8. The maximum Gasteiger partial charge on any atom is 0.169 e. The zero-order valence-corrected chi connectivity index (χ0v) is 14.3. The number of nitrogens with zero attached hydrogens (tertiary/aromatic N) is 1. The zero-order chi connectivity index (χ0) is 15.2. The van der Waals surface area contributed by atoms with E-state index in [1.54, 1.807) is 0 Å². The van der Waals surface area contributed by atoms with E-state index in [-0.39, 0.29) is 12.4 Å².